The lowest BCUT2D eigenvalue weighted by Crippen LogP contribution is -2.31. The van der Waals surface area contributed by atoms with E-state index in [1.165, 1.54) is 5.56 Å². The Hall–Kier alpha value is -0.470. The minimum atomic E-state index is 0.146. The Morgan fingerprint density at radius 1 is 1.31 bits per heavy atom. The quantitative estimate of drug-likeness (QED) is 0.706. The van der Waals surface area contributed by atoms with Gasteiger partial charge in [-0.15, -0.1) is 12.6 Å². The maximum absolute atomic E-state index is 4.46. The van der Waals surface area contributed by atoms with Crippen molar-refractivity contribution >= 4 is 12.6 Å². The molecule has 0 radical (unpaired) electrons. The summed E-state index contributed by atoms with van der Waals surface area (Å²) in [5.74, 6) is 0. The predicted octanol–water partition coefficient (Wildman–Crippen LogP) is 2.47. The summed E-state index contributed by atoms with van der Waals surface area (Å²) in [5.41, 5.74) is 1.44. The number of likely N-dealkylation sites (N-methyl/N-ethyl adjacent to an activating group) is 1. The van der Waals surface area contributed by atoms with Crippen LogP contribution in [0, 0.1) is 0 Å². The second kappa shape index (κ2) is 4.16. The van der Waals surface area contributed by atoms with Gasteiger partial charge in [-0.3, -0.25) is 0 Å². The molecule has 1 aromatic carbocycles. The maximum Gasteiger partial charge on any atom is 0.00779 e. The van der Waals surface area contributed by atoms with Gasteiger partial charge >= 0.3 is 0 Å². The molecule has 72 valence electrons. The van der Waals surface area contributed by atoms with Crippen molar-refractivity contribution in [1.29, 1.82) is 0 Å². The molecule has 0 amide bonds. The smallest absolute Gasteiger partial charge is 0.00779 e. The first-order chi connectivity index (χ1) is 6.08. The van der Waals surface area contributed by atoms with E-state index in [4.69, 9.17) is 0 Å². The standard InChI is InChI=1S/C11H17NS/c1-11(2,8-12-3)9-6-4-5-7-10(9)13/h4-7,12-13H,8H2,1-3H3. The van der Waals surface area contributed by atoms with Gasteiger partial charge in [-0.1, -0.05) is 32.0 Å². The van der Waals surface area contributed by atoms with Gasteiger partial charge in [-0.05, 0) is 18.7 Å². The first-order valence-corrected chi connectivity index (χ1v) is 4.96. The Labute approximate surface area is 86.0 Å². The summed E-state index contributed by atoms with van der Waals surface area (Å²) in [6.45, 7) is 5.40. The summed E-state index contributed by atoms with van der Waals surface area (Å²) in [4.78, 5) is 1.07. The second-order valence-electron chi connectivity index (χ2n) is 3.93. The van der Waals surface area contributed by atoms with Crippen LogP contribution in [-0.4, -0.2) is 13.6 Å². The highest BCUT2D eigenvalue weighted by atomic mass is 32.1. The van der Waals surface area contributed by atoms with Crippen LogP contribution in [0.3, 0.4) is 0 Å². The third-order valence-electron chi connectivity index (χ3n) is 2.25. The van der Waals surface area contributed by atoms with Gasteiger partial charge in [0.05, 0.1) is 0 Å². The van der Waals surface area contributed by atoms with Gasteiger partial charge in [0.15, 0.2) is 0 Å². The third kappa shape index (κ3) is 2.48. The SMILES string of the molecule is CNCC(C)(C)c1ccccc1S. The Morgan fingerprint density at radius 2 is 1.92 bits per heavy atom. The van der Waals surface area contributed by atoms with E-state index in [0.29, 0.717) is 0 Å². The number of hydrogen-bond donors (Lipinski definition) is 2. The zero-order valence-corrected chi connectivity index (χ0v) is 9.36. The number of hydrogen-bond acceptors (Lipinski definition) is 2. The van der Waals surface area contributed by atoms with Crippen molar-refractivity contribution in [1.82, 2.24) is 5.32 Å². The van der Waals surface area contributed by atoms with Gasteiger partial charge in [0.25, 0.3) is 0 Å². The molecule has 1 N–H and O–H groups in total. The zero-order valence-electron chi connectivity index (χ0n) is 8.46. The van der Waals surface area contributed by atoms with E-state index in [1.54, 1.807) is 0 Å². The van der Waals surface area contributed by atoms with Crippen LogP contribution in [0.5, 0.6) is 0 Å². The predicted molar refractivity (Wildman–Crippen MR) is 60.6 cm³/mol. The van der Waals surface area contributed by atoms with Crippen molar-refractivity contribution in [2.75, 3.05) is 13.6 Å². The Kier molecular flexibility index (Phi) is 3.40. The summed E-state index contributed by atoms with van der Waals surface area (Å²) < 4.78 is 0. The fraction of sp³-hybridized carbons (Fsp3) is 0.455. The summed E-state index contributed by atoms with van der Waals surface area (Å²) in [6.07, 6.45) is 0. The molecule has 0 unspecified atom stereocenters. The molecule has 0 aromatic heterocycles. The minimum Gasteiger partial charge on any atom is -0.319 e. The summed E-state index contributed by atoms with van der Waals surface area (Å²) >= 11 is 4.46. The van der Waals surface area contributed by atoms with E-state index in [-0.39, 0.29) is 5.41 Å². The molecular formula is C11H17NS. The molecule has 1 nitrogen and oxygen atoms in total. The molecule has 0 aliphatic carbocycles. The van der Waals surface area contributed by atoms with E-state index < -0.39 is 0 Å². The van der Waals surface area contributed by atoms with Crippen LogP contribution in [0.25, 0.3) is 0 Å². The van der Waals surface area contributed by atoms with Crippen molar-refractivity contribution in [3.8, 4) is 0 Å². The van der Waals surface area contributed by atoms with E-state index in [9.17, 15) is 0 Å². The van der Waals surface area contributed by atoms with E-state index in [1.807, 2.05) is 19.2 Å². The Bertz CT molecular complexity index is 281. The molecule has 0 saturated heterocycles. The fourth-order valence-corrected chi connectivity index (χ4v) is 2.05. The summed E-state index contributed by atoms with van der Waals surface area (Å²) in [7, 11) is 1.98. The lowest BCUT2D eigenvalue weighted by molar-refractivity contribution is 0.486. The van der Waals surface area contributed by atoms with Crippen LogP contribution in [0.1, 0.15) is 19.4 Å². The van der Waals surface area contributed by atoms with Crippen LogP contribution in [-0.2, 0) is 5.41 Å². The Morgan fingerprint density at radius 3 is 2.46 bits per heavy atom. The van der Waals surface area contributed by atoms with E-state index in [0.717, 1.165) is 11.4 Å². The normalized spacial score (nSPS) is 11.7. The first kappa shape index (κ1) is 10.6. The minimum absolute atomic E-state index is 0.146. The van der Waals surface area contributed by atoms with Gasteiger partial charge < -0.3 is 5.32 Å². The largest absolute Gasteiger partial charge is 0.319 e. The molecule has 0 atom stereocenters. The van der Waals surface area contributed by atoms with Crippen LogP contribution >= 0.6 is 12.6 Å². The fourth-order valence-electron chi connectivity index (χ4n) is 1.58. The second-order valence-corrected chi connectivity index (χ2v) is 4.41. The van der Waals surface area contributed by atoms with Crippen molar-refractivity contribution < 1.29 is 0 Å². The van der Waals surface area contributed by atoms with Crippen molar-refractivity contribution in [3.63, 3.8) is 0 Å². The van der Waals surface area contributed by atoms with Crippen LogP contribution in [0.2, 0.25) is 0 Å². The van der Waals surface area contributed by atoms with Crippen molar-refractivity contribution in [2.45, 2.75) is 24.2 Å². The molecule has 2 heteroatoms. The maximum atomic E-state index is 4.46. The highest BCUT2D eigenvalue weighted by Gasteiger charge is 2.21. The highest BCUT2D eigenvalue weighted by molar-refractivity contribution is 7.80. The molecule has 1 aromatic rings. The molecule has 0 aliphatic rings. The molecule has 0 aliphatic heterocycles. The number of benzene rings is 1. The number of rotatable bonds is 3. The average molecular weight is 195 g/mol. The van der Waals surface area contributed by atoms with Gasteiger partial charge in [-0.2, -0.15) is 0 Å². The van der Waals surface area contributed by atoms with Gasteiger partial charge in [0, 0.05) is 16.9 Å². The molecule has 0 fully saturated rings. The summed E-state index contributed by atoms with van der Waals surface area (Å²) in [5, 5.41) is 3.20. The summed E-state index contributed by atoms with van der Waals surface area (Å²) in [6, 6.07) is 8.25. The first-order valence-electron chi connectivity index (χ1n) is 4.51. The molecule has 0 heterocycles. The molecule has 1 rings (SSSR count). The van der Waals surface area contributed by atoms with E-state index in [2.05, 4.69) is 43.9 Å². The molecule has 0 saturated carbocycles. The number of thiol groups is 1. The van der Waals surface area contributed by atoms with Gasteiger partial charge in [0.2, 0.25) is 0 Å². The monoisotopic (exact) mass is 195 g/mol. The topological polar surface area (TPSA) is 12.0 Å². The number of nitrogens with one attached hydrogen (secondary N) is 1. The zero-order chi connectivity index (χ0) is 9.90. The van der Waals surface area contributed by atoms with E-state index >= 15 is 0 Å². The van der Waals surface area contributed by atoms with Crippen LogP contribution in [0.15, 0.2) is 29.2 Å². The Balaban J connectivity index is 2.99. The van der Waals surface area contributed by atoms with Gasteiger partial charge in [-0.25, -0.2) is 0 Å². The van der Waals surface area contributed by atoms with Crippen LogP contribution in [0.4, 0.5) is 0 Å². The molecule has 0 bridgehead atoms. The molecule has 0 spiro atoms. The lowest BCUT2D eigenvalue weighted by atomic mass is 9.84. The average Bonchev–Trinajstić information content (AvgIpc) is 2.04. The molecule has 13 heavy (non-hydrogen) atoms. The van der Waals surface area contributed by atoms with Crippen LogP contribution < -0.4 is 5.32 Å². The van der Waals surface area contributed by atoms with Gasteiger partial charge in [0.1, 0.15) is 0 Å². The third-order valence-corrected chi connectivity index (χ3v) is 2.64. The molecular weight excluding hydrogens is 178 g/mol. The highest BCUT2D eigenvalue weighted by Crippen LogP contribution is 2.27. The van der Waals surface area contributed by atoms with Crippen molar-refractivity contribution in [3.05, 3.63) is 29.8 Å². The lowest BCUT2D eigenvalue weighted by Gasteiger charge is -2.26. The van der Waals surface area contributed by atoms with Crippen molar-refractivity contribution in [2.24, 2.45) is 0 Å².